The molecule has 84 valence electrons. The van der Waals surface area contributed by atoms with Crippen LogP contribution in [0, 0.1) is 11.3 Å². The van der Waals surface area contributed by atoms with Crippen molar-refractivity contribution in [3.05, 3.63) is 29.8 Å². The summed E-state index contributed by atoms with van der Waals surface area (Å²) >= 11 is 0. The van der Waals surface area contributed by atoms with Gasteiger partial charge in [-0.15, -0.1) is 0 Å². The van der Waals surface area contributed by atoms with Gasteiger partial charge in [0.05, 0.1) is 11.6 Å². The molecule has 0 aliphatic carbocycles. The summed E-state index contributed by atoms with van der Waals surface area (Å²) in [5.41, 5.74) is 0.652. The number of hydrogen-bond acceptors (Lipinski definition) is 3. The first-order valence-corrected chi connectivity index (χ1v) is 5.74. The molecule has 16 heavy (non-hydrogen) atoms. The van der Waals surface area contributed by atoms with Crippen molar-refractivity contribution in [2.24, 2.45) is 0 Å². The molecule has 0 saturated carbocycles. The van der Waals surface area contributed by atoms with Gasteiger partial charge in [-0.1, -0.05) is 6.07 Å². The van der Waals surface area contributed by atoms with E-state index in [9.17, 15) is 0 Å². The minimum absolute atomic E-state index is 0.652. The largest absolute Gasteiger partial charge is 0.492 e. The molecular weight excluding hydrogens is 200 g/mol. The standard InChI is InChI=1S/C13H16N2O/c14-11-12-4-3-5-13(10-12)16-9-8-15-6-1-2-7-15/h3-5,10H,1-2,6-9H2. The van der Waals surface area contributed by atoms with Crippen LogP contribution in [-0.4, -0.2) is 31.1 Å². The third-order valence-electron chi connectivity index (χ3n) is 2.84. The van der Waals surface area contributed by atoms with Gasteiger partial charge in [0, 0.05) is 6.54 Å². The van der Waals surface area contributed by atoms with Gasteiger partial charge < -0.3 is 4.74 Å². The van der Waals surface area contributed by atoms with E-state index in [1.807, 2.05) is 12.1 Å². The minimum atomic E-state index is 0.652. The quantitative estimate of drug-likeness (QED) is 0.772. The molecule has 0 unspecified atom stereocenters. The summed E-state index contributed by atoms with van der Waals surface area (Å²) in [6.07, 6.45) is 2.62. The van der Waals surface area contributed by atoms with E-state index in [0.717, 1.165) is 12.3 Å². The Morgan fingerprint density at radius 1 is 1.31 bits per heavy atom. The van der Waals surface area contributed by atoms with E-state index in [-0.39, 0.29) is 0 Å². The van der Waals surface area contributed by atoms with Crippen molar-refractivity contribution >= 4 is 0 Å². The van der Waals surface area contributed by atoms with Gasteiger partial charge in [0.25, 0.3) is 0 Å². The van der Waals surface area contributed by atoms with Crippen LogP contribution in [0.3, 0.4) is 0 Å². The number of ether oxygens (including phenoxy) is 1. The molecule has 3 heteroatoms. The lowest BCUT2D eigenvalue weighted by Gasteiger charge is -2.14. The van der Waals surface area contributed by atoms with E-state index in [4.69, 9.17) is 10.00 Å². The molecule has 0 atom stereocenters. The first-order valence-electron chi connectivity index (χ1n) is 5.74. The van der Waals surface area contributed by atoms with E-state index in [1.165, 1.54) is 25.9 Å². The van der Waals surface area contributed by atoms with Crippen LogP contribution < -0.4 is 4.74 Å². The van der Waals surface area contributed by atoms with Crippen LogP contribution in [0.15, 0.2) is 24.3 Å². The number of nitriles is 1. The number of rotatable bonds is 4. The van der Waals surface area contributed by atoms with Crippen LogP contribution >= 0.6 is 0 Å². The Kier molecular flexibility index (Phi) is 3.79. The lowest BCUT2D eigenvalue weighted by molar-refractivity contribution is 0.238. The van der Waals surface area contributed by atoms with Crippen molar-refractivity contribution in [1.29, 1.82) is 5.26 Å². The predicted octanol–water partition coefficient (Wildman–Crippen LogP) is 2.03. The third-order valence-corrected chi connectivity index (χ3v) is 2.84. The normalized spacial score (nSPS) is 15.9. The average molecular weight is 216 g/mol. The van der Waals surface area contributed by atoms with Crippen molar-refractivity contribution in [1.82, 2.24) is 4.90 Å². The summed E-state index contributed by atoms with van der Waals surface area (Å²) < 4.78 is 5.62. The minimum Gasteiger partial charge on any atom is -0.492 e. The Hall–Kier alpha value is -1.53. The molecule has 2 rings (SSSR count). The molecule has 0 spiro atoms. The molecule has 0 bridgehead atoms. The molecule has 1 heterocycles. The Balaban J connectivity index is 1.78. The second-order valence-electron chi connectivity index (χ2n) is 4.04. The first kappa shape index (κ1) is 11.0. The highest BCUT2D eigenvalue weighted by atomic mass is 16.5. The fourth-order valence-corrected chi connectivity index (χ4v) is 1.95. The Labute approximate surface area is 96.2 Å². The van der Waals surface area contributed by atoms with Crippen LogP contribution in [0.25, 0.3) is 0 Å². The SMILES string of the molecule is N#Cc1cccc(OCCN2CCCC2)c1. The van der Waals surface area contributed by atoms with Gasteiger partial charge in [-0.05, 0) is 44.1 Å². The van der Waals surface area contributed by atoms with Crippen LogP contribution in [0.2, 0.25) is 0 Å². The third kappa shape index (κ3) is 2.98. The highest BCUT2D eigenvalue weighted by molar-refractivity contribution is 5.36. The molecule has 1 saturated heterocycles. The highest BCUT2D eigenvalue weighted by Crippen LogP contribution is 2.13. The van der Waals surface area contributed by atoms with E-state index in [2.05, 4.69) is 11.0 Å². The molecule has 1 aliphatic rings. The summed E-state index contributed by atoms with van der Waals surface area (Å²) in [4.78, 5) is 2.41. The monoisotopic (exact) mass is 216 g/mol. The lowest BCUT2D eigenvalue weighted by atomic mass is 10.2. The van der Waals surface area contributed by atoms with Crippen molar-refractivity contribution in [2.45, 2.75) is 12.8 Å². The van der Waals surface area contributed by atoms with Crippen molar-refractivity contribution in [3.8, 4) is 11.8 Å². The molecule has 1 aromatic rings. The highest BCUT2D eigenvalue weighted by Gasteiger charge is 2.10. The summed E-state index contributed by atoms with van der Waals surface area (Å²) in [7, 11) is 0. The predicted molar refractivity (Wildman–Crippen MR) is 62.3 cm³/mol. The van der Waals surface area contributed by atoms with Crippen LogP contribution in [-0.2, 0) is 0 Å². The molecule has 1 aliphatic heterocycles. The smallest absolute Gasteiger partial charge is 0.120 e. The van der Waals surface area contributed by atoms with Crippen molar-refractivity contribution < 1.29 is 4.74 Å². The van der Waals surface area contributed by atoms with Crippen LogP contribution in [0.4, 0.5) is 0 Å². The van der Waals surface area contributed by atoms with E-state index < -0.39 is 0 Å². The fraction of sp³-hybridized carbons (Fsp3) is 0.462. The summed E-state index contributed by atoms with van der Waals surface area (Å²) in [5.74, 6) is 0.790. The van der Waals surface area contributed by atoms with Gasteiger partial charge in [-0.25, -0.2) is 0 Å². The Bertz CT molecular complexity index is 378. The molecule has 0 amide bonds. The lowest BCUT2D eigenvalue weighted by Crippen LogP contribution is -2.25. The maximum atomic E-state index is 8.75. The average Bonchev–Trinajstić information content (AvgIpc) is 2.82. The number of benzene rings is 1. The van der Waals surface area contributed by atoms with Crippen molar-refractivity contribution in [2.75, 3.05) is 26.2 Å². The number of nitrogens with zero attached hydrogens (tertiary/aromatic N) is 2. The van der Waals surface area contributed by atoms with Gasteiger partial charge in [-0.3, -0.25) is 4.90 Å². The molecule has 1 fully saturated rings. The maximum absolute atomic E-state index is 8.75. The Morgan fingerprint density at radius 3 is 2.88 bits per heavy atom. The van der Waals surface area contributed by atoms with Gasteiger partial charge in [-0.2, -0.15) is 5.26 Å². The summed E-state index contributed by atoms with van der Waals surface area (Å²) in [6, 6.07) is 9.42. The topological polar surface area (TPSA) is 36.3 Å². The zero-order valence-electron chi connectivity index (χ0n) is 9.35. The zero-order valence-corrected chi connectivity index (χ0v) is 9.35. The summed E-state index contributed by atoms with van der Waals surface area (Å²) in [5, 5.41) is 8.75. The van der Waals surface area contributed by atoms with E-state index in [0.29, 0.717) is 12.2 Å². The molecule has 0 aromatic heterocycles. The Morgan fingerprint density at radius 2 is 2.12 bits per heavy atom. The first-order chi connectivity index (χ1) is 7.88. The molecule has 0 radical (unpaired) electrons. The second kappa shape index (κ2) is 5.53. The zero-order chi connectivity index (χ0) is 11.2. The molecule has 1 aromatic carbocycles. The van der Waals surface area contributed by atoms with Crippen LogP contribution in [0.5, 0.6) is 5.75 Å². The van der Waals surface area contributed by atoms with E-state index in [1.54, 1.807) is 12.1 Å². The van der Waals surface area contributed by atoms with E-state index >= 15 is 0 Å². The molecular formula is C13H16N2O. The van der Waals surface area contributed by atoms with Crippen molar-refractivity contribution in [3.63, 3.8) is 0 Å². The summed E-state index contributed by atoms with van der Waals surface area (Å²) in [6.45, 7) is 4.08. The maximum Gasteiger partial charge on any atom is 0.120 e. The fourth-order valence-electron chi connectivity index (χ4n) is 1.95. The van der Waals surface area contributed by atoms with Gasteiger partial charge in [0.15, 0.2) is 0 Å². The second-order valence-corrected chi connectivity index (χ2v) is 4.04. The van der Waals surface area contributed by atoms with Gasteiger partial charge in [0.1, 0.15) is 12.4 Å². The van der Waals surface area contributed by atoms with Crippen LogP contribution in [0.1, 0.15) is 18.4 Å². The molecule has 0 N–H and O–H groups in total. The molecule has 3 nitrogen and oxygen atoms in total. The number of hydrogen-bond donors (Lipinski definition) is 0. The van der Waals surface area contributed by atoms with Gasteiger partial charge in [0.2, 0.25) is 0 Å². The number of likely N-dealkylation sites (tertiary alicyclic amines) is 1. The van der Waals surface area contributed by atoms with Gasteiger partial charge >= 0.3 is 0 Å².